The Balaban J connectivity index is 0.00000182. The molecule has 2 fully saturated rings. The summed E-state index contributed by atoms with van der Waals surface area (Å²) in [6, 6.07) is 8.39. The van der Waals surface area contributed by atoms with Crippen LogP contribution in [0.1, 0.15) is 56.6 Å². The van der Waals surface area contributed by atoms with Crippen LogP contribution in [0.3, 0.4) is 0 Å². The highest BCUT2D eigenvalue weighted by Crippen LogP contribution is 2.28. The van der Waals surface area contributed by atoms with Crippen LogP contribution in [0, 0.1) is 0 Å². The molecule has 1 atom stereocenters. The van der Waals surface area contributed by atoms with E-state index in [1.807, 2.05) is 12.1 Å². The zero-order valence-electron chi connectivity index (χ0n) is 16.1. The summed E-state index contributed by atoms with van der Waals surface area (Å²) in [4.78, 5) is 15.2. The van der Waals surface area contributed by atoms with Crippen molar-refractivity contribution in [3.63, 3.8) is 0 Å². The average molecular weight is 418 g/mol. The third kappa shape index (κ3) is 5.98. The Kier molecular flexibility index (Phi) is 9.88. The molecule has 3 N–H and O–H groups in total. The summed E-state index contributed by atoms with van der Waals surface area (Å²) >= 11 is 0. The van der Waals surface area contributed by atoms with Crippen LogP contribution in [0.15, 0.2) is 24.3 Å². The molecule has 7 heteroatoms. The van der Waals surface area contributed by atoms with E-state index in [-0.39, 0.29) is 36.8 Å². The molecule has 0 radical (unpaired) electrons. The van der Waals surface area contributed by atoms with E-state index in [0.29, 0.717) is 6.54 Å². The lowest BCUT2D eigenvalue weighted by Crippen LogP contribution is -2.56. The van der Waals surface area contributed by atoms with E-state index < -0.39 is 5.54 Å². The first-order valence-corrected chi connectivity index (χ1v) is 9.57. The molecule has 1 aromatic carbocycles. The second-order valence-electron chi connectivity index (χ2n) is 7.46. The van der Waals surface area contributed by atoms with Gasteiger partial charge in [0.05, 0.1) is 18.7 Å². The first-order valence-electron chi connectivity index (χ1n) is 9.57. The van der Waals surface area contributed by atoms with Crippen molar-refractivity contribution in [1.29, 1.82) is 0 Å². The summed E-state index contributed by atoms with van der Waals surface area (Å²) in [5.41, 5.74) is 6.92. The molecule has 154 valence electrons. The Labute approximate surface area is 175 Å². The van der Waals surface area contributed by atoms with E-state index in [1.54, 1.807) is 7.11 Å². The highest BCUT2D eigenvalue weighted by atomic mass is 35.5. The lowest BCUT2D eigenvalue weighted by Gasteiger charge is -2.34. The Hall–Kier alpha value is -1.01. The van der Waals surface area contributed by atoms with Gasteiger partial charge in [-0.3, -0.25) is 9.69 Å². The minimum Gasteiger partial charge on any atom is -0.497 e. The number of carbonyl (C=O) groups excluding carboxylic acids is 1. The molecule has 27 heavy (non-hydrogen) atoms. The number of methoxy groups -OCH3 is 1. The van der Waals surface area contributed by atoms with Crippen LogP contribution in [-0.2, 0) is 4.79 Å². The summed E-state index contributed by atoms with van der Waals surface area (Å²) in [5.74, 6) is 0.876. The fourth-order valence-electron chi connectivity index (χ4n) is 4.11. The number of nitrogens with one attached hydrogen (secondary N) is 1. The zero-order chi connectivity index (χ0) is 17.7. The minimum absolute atomic E-state index is 0. The predicted octanol–water partition coefficient (Wildman–Crippen LogP) is 3.45. The Morgan fingerprint density at radius 2 is 1.70 bits per heavy atom. The van der Waals surface area contributed by atoms with Crippen LogP contribution in [0.2, 0.25) is 0 Å². The highest BCUT2D eigenvalue weighted by Gasteiger charge is 2.35. The van der Waals surface area contributed by atoms with E-state index in [4.69, 9.17) is 10.5 Å². The number of amides is 1. The maximum absolute atomic E-state index is 12.7. The normalized spacial score (nSPS) is 20.1. The minimum atomic E-state index is -0.673. The van der Waals surface area contributed by atoms with Gasteiger partial charge in [-0.2, -0.15) is 0 Å². The molecule has 0 aromatic heterocycles. The quantitative estimate of drug-likeness (QED) is 0.743. The predicted molar refractivity (Wildman–Crippen MR) is 114 cm³/mol. The molecule has 3 rings (SSSR count). The molecule has 5 nitrogen and oxygen atoms in total. The monoisotopic (exact) mass is 417 g/mol. The SMILES string of the molecule is COc1ccc(C(CNC(=O)C2(N)CCCCC2)N2CCCC2)cc1.Cl.Cl. The lowest BCUT2D eigenvalue weighted by molar-refractivity contribution is -0.127. The molecule has 1 heterocycles. The van der Waals surface area contributed by atoms with Crippen LogP contribution in [0.25, 0.3) is 0 Å². The Morgan fingerprint density at radius 3 is 2.26 bits per heavy atom. The molecule has 1 unspecified atom stereocenters. The summed E-state index contributed by atoms with van der Waals surface area (Å²) < 4.78 is 5.27. The summed E-state index contributed by atoms with van der Waals surface area (Å²) in [5, 5.41) is 3.16. The number of nitrogens with zero attached hydrogens (tertiary/aromatic N) is 1. The van der Waals surface area contributed by atoms with Gasteiger partial charge in [0.15, 0.2) is 0 Å². The van der Waals surface area contributed by atoms with Gasteiger partial charge in [-0.15, -0.1) is 24.8 Å². The van der Waals surface area contributed by atoms with E-state index in [0.717, 1.165) is 44.5 Å². The molecular weight excluding hydrogens is 385 g/mol. The van der Waals surface area contributed by atoms with E-state index >= 15 is 0 Å². The smallest absolute Gasteiger partial charge is 0.240 e. The number of hydrogen-bond donors (Lipinski definition) is 2. The maximum atomic E-state index is 12.7. The third-order valence-corrected chi connectivity index (χ3v) is 5.74. The third-order valence-electron chi connectivity index (χ3n) is 5.74. The number of halogens is 2. The van der Waals surface area contributed by atoms with Gasteiger partial charge in [0.25, 0.3) is 0 Å². The van der Waals surface area contributed by atoms with Gasteiger partial charge in [-0.05, 0) is 56.5 Å². The molecule has 1 aliphatic heterocycles. The molecule has 1 saturated carbocycles. The molecule has 2 aliphatic rings. The van der Waals surface area contributed by atoms with Gasteiger partial charge in [-0.1, -0.05) is 31.4 Å². The second-order valence-corrected chi connectivity index (χ2v) is 7.46. The molecular formula is C20H33Cl2N3O2. The number of carbonyl (C=O) groups is 1. The van der Waals surface area contributed by atoms with Crippen molar-refractivity contribution < 1.29 is 9.53 Å². The Morgan fingerprint density at radius 1 is 1.11 bits per heavy atom. The van der Waals surface area contributed by atoms with Crippen LogP contribution >= 0.6 is 24.8 Å². The number of ether oxygens (including phenoxy) is 1. The van der Waals surface area contributed by atoms with Gasteiger partial charge in [0, 0.05) is 6.54 Å². The van der Waals surface area contributed by atoms with Crippen LogP contribution in [-0.4, -0.2) is 43.1 Å². The van der Waals surface area contributed by atoms with Crippen molar-refractivity contribution in [2.75, 3.05) is 26.7 Å². The first-order chi connectivity index (χ1) is 12.1. The Bertz CT molecular complexity index is 571. The molecule has 1 amide bonds. The fraction of sp³-hybridized carbons (Fsp3) is 0.650. The largest absolute Gasteiger partial charge is 0.497 e. The molecule has 1 aliphatic carbocycles. The topological polar surface area (TPSA) is 67.6 Å². The summed E-state index contributed by atoms with van der Waals surface area (Å²) in [6.45, 7) is 2.78. The summed E-state index contributed by atoms with van der Waals surface area (Å²) in [6.07, 6.45) is 7.35. The van der Waals surface area contributed by atoms with Gasteiger partial charge < -0.3 is 15.8 Å². The van der Waals surface area contributed by atoms with Gasteiger partial charge in [0.1, 0.15) is 5.75 Å². The van der Waals surface area contributed by atoms with E-state index in [9.17, 15) is 4.79 Å². The van der Waals surface area contributed by atoms with Crippen molar-refractivity contribution >= 4 is 30.7 Å². The van der Waals surface area contributed by atoms with E-state index in [2.05, 4.69) is 22.3 Å². The zero-order valence-corrected chi connectivity index (χ0v) is 17.7. The maximum Gasteiger partial charge on any atom is 0.240 e. The first kappa shape index (κ1) is 24.0. The van der Waals surface area contributed by atoms with Crippen molar-refractivity contribution in [2.24, 2.45) is 5.73 Å². The number of nitrogens with two attached hydrogens (primary N) is 1. The number of benzene rings is 1. The molecule has 0 bridgehead atoms. The van der Waals surface area contributed by atoms with E-state index in [1.165, 1.54) is 24.8 Å². The van der Waals surface area contributed by atoms with Crippen molar-refractivity contribution in [1.82, 2.24) is 10.2 Å². The second kappa shape index (κ2) is 11.1. The molecule has 1 aromatic rings. The number of likely N-dealkylation sites (tertiary alicyclic amines) is 1. The molecule has 0 spiro atoms. The number of hydrogen-bond acceptors (Lipinski definition) is 4. The highest BCUT2D eigenvalue weighted by molar-refractivity contribution is 5.86. The van der Waals surface area contributed by atoms with Crippen molar-refractivity contribution in [3.05, 3.63) is 29.8 Å². The number of rotatable bonds is 6. The average Bonchev–Trinajstić information content (AvgIpc) is 3.17. The van der Waals surface area contributed by atoms with Crippen molar-refractivity contribution in [3.8, 4) is 5.75 Å². The lowest BCUT2D eigenvalue weighted by atomic mass is 9.82. The van der Waals surface area contributed by atoms with Crippen LogP contribution < -0.4 is 15.8 Å². The van der Waals surface area contributed by atoms with Crippen molar-refractivity contribution in [2.45, 2.75) is 56.5 Å². The van der Waals surface area contributed by atoms with Gasteiger partial charge in [0.2, 0.25) is 5.91 Å². The summed E-state index contributed by atoms with van der Waals surface area (Å²) in [7, 11) is 1.68. The molecule has 1 saturated heterocycles. The standard InChI is InChI=1S/C20H31N3O2.2ClH/c1-25-17-9-7-16(8-10-17)18(23-13-5-6-14-23)15-22-19(24)20(21)11-3-2-4-12-20;;/h7-10,18H,2-6,11-15,21H2,1H3,(H,22,24);2*1H. The van der Waals surface area contributed by atoms with Gasteiger partial charge in [-0.25, -0.2) is 0 Å². The van der Waals surface area contributed by atoms with Gasteiger partial charge >= 0.3 is 0 Å². The fourth-order valence-corrected chi connectivity index (χ4v) is 4.11. The van der Waals surface area contributed by atoms with Crippen LogP contribution in [0.4, 0.5) is 0 Å². The van der Waals surface area contributed by atoms with Crippen LogP contribution in [0.5, 0.6) is 5.75 Å².